The average molecular weight is 415 g/mol. The summed E-state index contributed by atoms with van der Waals surface area (Å²) in [5, 5.41) is 3.02. The SMILES string of the molecule is Cc1ccc(S(=O)(=O)N2CCC(C(=O)NCCCc3ccccc3)CC2)c(C)c1. The Balaban J connectivity index is 1.47. The minimum atomic E-state index is -3.51. The zero-order valence-corrected chi connectivity index (χ0v) is 18.0. The number of carbonyl (C=O) groups excluding carboxylic acids is 1. The number of piperidine rings is 1. The van der Waals surface area contributed by atoms with Gasteiger partial charge in [0.05, 0.1) is 4.90 Å². The molecule has 0 saturated carbocycles. The third-order valence-electron chi connectivity index (χ3n) is 5.56. The first-order chi connectivity index (χ1) is 13.9. The van der Waals surface area contributed by atoms with E-state index < -0.39 is 10.0 Å². The monoisotopic (exact) mass is 414 g/mol. The van der Waals surface area contributed by atoms with Crippen molar-refractivity contribution in [1.29, 1.82) is 0 Å². The van der Waals surface area contributed by atoms with E-state index in [0.29, 0.717) is 37.4 Å². The van der Waals surface area contributed by atoms with Crippen LogP contribution in [0.3, 0.4) is 0 Å². The van der Waals surface area contributed by atoms with Crippen LogP contribution in [-0.2, 0) is 21.2 Å². The van der Waals surface area contributed by atoms with Gasteiger partial charge in [-0.05, 0) is 56.7 Å². The Bertz CT molecular complexity index is 934. The molecule has 1 amide bonds. The van der Waals surface area contributed by atoms with Crippen molar-refractivity contribution in [2.75, 3.05) is 19.6 Å². The molecule has 2 aromatic rings. The molecule has 0 aromatic heterocycles. The summed E-state index contributed by atoms with van der Waals surface area (Å²) in [5.41, 5.74) is 3.08. The zero-order chi connectivity index (χ0) is 20.9. The molecule has 0 unspecified atom stereocenters. The summed E-state index contributed by atoms with van der Waals surface area (Å²) in [6.07, 6.45) is 2.96. The smallest absolute Gasteiger partial charge is 0.243 e. The molecule has 0 atom stereocenters. The molecule has 5 nitrogen and oxygen atoms in total. The lowest BCUT2D eigenvalue weighted by atomic mass is 9.97. The Labute approximate surface area is 174 Å². The number of hydrogen-bond donors (Lipinski definition) is 1. The molecular weight excluding hydrogens is 384 g/mol. The lowest BCUT2D eigenvalue weighted by Gasteiger charge is -2.31. The van der Waals surface area contributed by atoms with Gasteiger partial charge in [-0.15, -0.1) is 0 Å². The minimum Gasteiger partial charge on any atom is -0.356 e. The molecule has 1 N–H and O–H groups in total. The van der Waals surface area contributed by atoms with Gasteiger partial charge in [-0.25, -0.2) is 8.42 Å². The number of rotatable bonds is 7. The molecule has 0 radical (unpaired) electrons. The Hall–Kier alpha value is -2.18. The standard InChI is InChI=1S/C23H30N2O3S/c1-18-10-11-22(19(2)17-18)29(27,28)25-15-12-21(13-16-25)23(26)24-14-6-9-20-7-4-3-5-8-20/h3-5,7-8,10-11,17,21H,6,9,12-16H2,1-2H3,(H,24,26). The summed E-state index contributed by atoms with van der Waals surface area (Å²) >= 11 is 0. The second-order valence-electron chi connectivity index (χ2n) is 7.83. The van der Waals surface area contributed by atoms with Crippen molar-refractivity contribution in [3.8, 4) is 0 Å². The van der Waals surface area contributed by atoms with Gasteiger partial charge in [0.2, 0.25) is 15.9 Å². The van der Waals surface area contributed by atoms with Crippen molar-refractivity contribution >= 4 is 15.9 Å². The summed E-state index contributed by atoms with van der Waals surface area (Å²) in [5.74, 6) is -0.0704. The van der Waals surface area contributed by atoms with Gasteiger partial charge in [-0.3, -0.25) is 4.79 Å². The van der Waals surface area contributed by atoms with Crippen molar-refractivity contribution in [2.24, 2.45) is 5.92 Å². The van der Waals surface area contributed by atoms with Crippen LogP contribution in [0.5, 0.6) is 0 Å². The molecule has 1 heterocycles. The molecule has 0 bridgehead atoms. The van der Waals surface area contributed by atoms with Gasteiger partial charge in [0.15, 0.2) is 0 Å². The highest BCUT2D eigenvalue weighted by atomic mass is 32.2. The first kappa shape index (κ1) is 21.5. The highest BCUT2D eigenvalue weighted by Gasteiger charge is 2.32. The molecule has 1 aliphatic heterocycles. The van der Waals surface area contributed by atoms with Crippen molar-refractivity contribution < 1.29 is 13.2 Å². The number of carbonyl (C=O) groups is 1. The third kappa shape index (κ3) is 5.46. The van der Waals surface area contributed by atoms with E-state index in [4.69, 9.17) is 0 Å². The average Bonchev–Trinajstić information content (AvgIpc) is 2.71. The number of aryl methyl sites for hydroxylation is 3. The van der Waals surface area contributed by atoms with Crippen LogP contribution in [0.25, 0.3) is 0 Å². The molecular formula is C23H30N2O3S. The Morgan fingerprint density at radius 3 is 2.41 bits per heavy atom. The number of sulfonamides is 1. The van der Waals surface area contributed by atoms with Crippen molar-refractivity contribution in [3.05, 3.63) is 65.2 Å². The minimum absolute atomic E-state index is 0.0432. The zero-order valence-electron chi connectivity index (χ0n) is 17.2. The van der Waals surface area contributed by atoms with Crippen LogP contribution in [0.15, 0.2) is 53.4 Å². The maximum atomic E-state index is 13.0. The Morgan fingerprint density at radius 1 is 1.07 bits per heavy atom. The van der Waals surface area contributed by atoms with Crippen LogP contribution in [0.4, 0.5) is 0 Å². The van der Waals surface area contributed by atoms with Crippen molar-refractivity contribution in [1.82, 2.24) is 9.62 Å². The highest BCUT2D eigenvalue weighted by molar-refractivity contribution is 7.89. The quantitative estimate of drug-likeness (QED) is 0.706. The molecule has 156 valence electrons. The van der Waals surface area contributed by atoms with E-state index in [9.17, 15) is 13.2 Å². The normalized spacial score (nSPS) is 15.9. The van der Waals surface area contributed by atoms with Crippen LogP contribution in [0, 0.1) is 19.8 Å². The summed E-state index contributed by atoms with van der Waals surface area (Å²) in [6, 6.07) is 15.6. The number of nitrogens with zero attached hydrogens (tertiary/aromatic N) is 1. The molecule has 0 aliphatic carbocycles. The highest BCUT2D eigenvalue weighted by Crippen LogP contribution is 2.26. The fraction of sp³-hybridized carbons (Fsp3) is 0.435. The van der Waals surface area contributed by atoms with Gasteiger partial charge in [0.25, 0.3) is 0 Å². The molecule has 29 heavy (non-hydrogen) atoms. The van der Waals surface area contributed by atoms with E-state index in [1.54, 1.807) is 6.07 Å². The van der Waals surface area contributed by atoms with E-state index in [1.807, 2.05) is 44.2 Å². The first-order valence-corrected chi connectivity index (χ1v) is 11.7. The first-order valence-electron chi connectivity index (χ1n) is 10.3. The lowest BCUT2D eigenvalue weighted by molar-refractivity contribution is -0.126. The Morgan fingerprint density at radius 2 is 1.76 bits per heavy atom. The molecule has 1 fully saturated rings. The van der Waals surface area contributed by atoms with Crippen LogP contribution in [-0.4, -0.2) is 38.3 Å². The van der Waals surface area contributed by atoms with Crippen LogP contribution < -0.4 is 5.32 Å². The molecule has 1 saturated heterocycles. The van der Waals surface area contributed by atoms with E-state index in [-0.39, 0.29) is 11.8 Å². The third-order valence-corrected chi connectivity index (χ3v) is 7.62. The summed E-state index contributed by atoms with van der Waals surface area (Å²) in [4.78, 5) is 12.8. The van der Waals surface area contributed by atoms with Crippen molar-refractivity contribution in [3.63, 3.8) is 0 Å². The van der Waals surface area contributed by atoms with E-state index >= 15 is 0 Å². The maximum Gasteiger partial charge on any atom is 0.243 e. The summed E-state index contributed by atoms with van der Waals surface area (Å²) in [6.45, 7) is 5.20. The largest absolute Gasteiger partial charge is 0.356 e. The van der Waals surface area contributed by atoms with Gasteiger partial charge in [-0.1, -0.05) is 48.0 Å². The van der Waals surface area contributed by atoms with E-state index in [2.05, 4.69) is 17.4 Å². The maximum absolute atomic E-state index is 13.0. The van der Waals surface area contributed by atoms with E-state index in [1.165, 1.54) is 9.87 Å². The molecule has 6 heteroatoms. The second-order valence-corrected chi connectivity index (χ2v) is 9.73. The topological polar surface area (TPSA) is 66.5 Å². The van der Waals surface area contributed by atoms with Crippen LogP contribution in [0.2, 0.25) is 0 Å². The fourth-order valence-electron chi connectivity index (χ4n) is 3.88. The number of amides is 1. The van der Waals surface area contributed by atoms with Gasteiger partial charge in [0, 0.05) is 25.6 Å². The number of benzene rings is 2. The van der Waals surface area contributed by atoms with Crippen LogP contribution >= 0.6 is 0 Å². The molecule has 2 aromatic carbocycles. The van der Waals surface area contributed by atoms with Crippen molar-refractivity contribution in [2.45, 2.75) is 44.4 Å². The summed E-state index contributed by atoms with van der Waals surface area (Å²) < 4.78 is 27.5. The predicted molar refractivity (Wildman–Crippen MR) is 115 cm³/mol. The molecule has 3 rings (SSSR count). The van der Waals surface area contributed by atoms with Gasteiger partial charge >= 0.3 is 0 Å². The second kappa shape index (κ2) is 9.55. The molecule has 1 aliphatic rings. The summed E-state index contributed by atoms with van der Waals surface area (Å²) in [7, 11) is -3.51. The Kier molecular flexibility index (Phi) is 7.09. The van der Waals surface area contributed by atoms with Gasteiger partial charge < -0.3 is 5.32 Å². The van der Waals surface area contributed by atoms with Gasteiger partial charge in [-0.2, -0.15) is 4.31 Å². The lowest BCUT2D eigenvalue weighted by Crippen LogP contribution is -2.43. The fourth-order valence-corrected chi connectivity index (χ4v) is 5.55. The predicted octanol–water partition coefficient (Wildman–Crippen LogP) is 3.45. The molecule has 0 spiro atoms. The van der Waals surface area contributed by atoms with Crippen LogP contribution in [0.1, 0.15) is 36.0 Å². The van der Waals surface area contributed by atoms with E-state index in [0.717, 1.165) is 24.0 Å². The number of hydrogen-bond acceptors (Lipinski definition) is 3. The van der Waals surface area contributed by atoms with Gasteiger partial charge in [0.1, 0.15) is 0 Å². The number of nitrogens with one attached hydrogen (secondary N) is 1.